The Bertz CT molecular complexity index is 1450. The third kappa shape index (κ3) is 4.41. The third-order valence-electron chi connectivity index (χ3n) is 6.16. The van der Waals surface area contributed by atoms with Gasteiger partial charge in [-0.3, -0.25) is 10.2 Å². The van der Waals surface area contributed by atoms with E-state index in [2.05, 4.69) is 40.6 Å². The van der Waals surface area contributed by atoms with Gasteiger partial charge in [0.2, 0.25) is 5.17 Å². The number of benzene rings is 2. The van der Waals surface area contributed by atoms with Crippen molar-refractivity contribution >= 4 is 50.7 Å². The topological polar surface area (TPSA) is 83.0 Å². The molecular formula is C27H27N5O2S. The zero-order valence-electron chi connectivity index (χ0n) is 20.2. The van der Waals surface area contributed by atoms with Gasteiger partial charge in [-0.2, -0.15) is 15.1 Å². The molecule has 0 fully saturated rings. The van der Waals surface area contributed by atoms with Gasteiger partial charge in [0, 0.05) is 28.6 Å². The summed E-state index contributed by atoms with van der Waals surface area (Å²) in [6, 6.07) is 14.2. The van der Waals surface area contributed by atoms with Gasteiger partial charge >= 0.3 is 0 Å². The number of para-hydroxylation sites is 1. The molecule has 3 aromatic rings. The van der Waals surface area contributed by atoms with Crippen molar-refractivity contribution in [2.75, 3.05) is 6.61 Å². The van der Waals surface area contributed by atoms with Crippen molar-refractivity contribution in [2.45, 2.75) is 34.2 Å². The minimum atomic E-state index is -0.413. The number of carbonyl (C=O) groups excluding carboxylic acids is 1. The van der Waals surface area contributed by atoms with Crippen LogP contribution in [-0.4, -0.2) is 38.1 Å². The number of hydrogen-bond acceptors (Lipinski definition) is 5. The first-order valence-electron chi connectivity index (χ1n) is 11.6. The Labute approximate surface area is 208 Å². The van der Waals surface area contributed by atoms with Crippen LogP contribution in [-0.2, 0) is 11.3 Å². The average molecular weight is 486 g/mol. The molecule has 0 atom stereocenters. The highest BCUT2D eigenvalue weighted by atomic mass is 32.2. The molecule has 0 unspecified atom stereocenters. The van der Waals surface area contributed by atoms with Crippen LogP contribution < -0.4 is 4.74 Å². The predicted octanol–water partition coefficient (Wildman–Crippen LogP) is 5.61. The number of aromatic nitrogens is 1. The summed E-state index contributed by atoms with van der Waals surface area (Å²) in [4.78, 5) is 17.0. The lowest BCUT2D eigenvalue weighted by molar-refractivity contribution is -0.114. The Morgan fingerprint density at radius 3 is 2.71 bits per heavy atom. The molecule has 1 aromatic heterocycles. The van der Waals surface area contributed by atoms with Gasteiger partial charge in [0.05, 0.1) is 12.1 Å². The fraction of sp³-hybridized carbons (Fsp3) is 0.259. The number of amidine groups is 2. The van der Waals surface area contributed by atoms with Crippen molar-refractivity contribution in [1.29, 1.82) is 5.41 Å². The summed E-state index contributed by atoms with van der Waals surface area (Å²) < 4.78 is 8.12. The van der Waals surface area contributed by atoms with Crippen LogP contribution in [0.3, 0.4) is 0 Å². The predicted molar refractivity (Wildman–Crippen MR) is 143 cm³/mol. The summed E-state index contributed by atoms with van der Waals surface area (Å²) in [6.45, 7) is 9.39. The van der Waals surface area contributed by atoms with E-state index >= 15 is 0 Å². The summed E-state index contributed by atoms with van der Waals surface area (Å²) >= 11 is 1.35. The fourth-order valence-electron chi connectivity index (χ4n) is 4.04. The molecule has 7 nitrogen and oxygen atoms in total. The second-order valence-corrected chi connectivity index (χ2v) is 9.99. The second kappa shape index (κ2) is 9.19. The van der Waals surface area contributed by atoms with Crippen molar-refractivity contribution in [1.82, 2.24) is 9.58 Å². The molecule has 178 valence electrons. The Kier molecular flexibility index (Phi) is 6.06. The molecular weight excluding hydrogens is 458 g/mol. The lowest BCUT2D eigenvalue weighted by atomic mass is 10.1. The fourth-order valence-corrected chi connectivity index (χ4v) is 4.93. The second-order valence-electron chi connectivity index (χ2n) is 9.00. The Morgan fingerprint density at radius 1 is 1.14 bits per heavy atom. The van der Waals surface area contributed by atoms with Crippen LogP contribution in [0.5, 0.6) is 5.75 Å². The SMILES string of the molecule is Cc1ccc(OCCn2cc(/C=C3/C(=N)N4N=C(C(C)C)SC4=NC3=O)c3ccccc32)cc1C. The van der Waals surface area contributed by atoms with E-state index in [9.17, 15) is 4.79 Å². The Balaban J connectivity index is 1.42. The van der Waals surface area contributed by atoms with Gasteiger partial charge in [-0.15, -0.1) is 0 Å². The van der Waals surface area contributed by atoms with Crippen LogP contribution in [0.4, 0.5) is 0 Å². The lowest BCUT2D eigenvalue weighted by Gasteiger charge is -2.20. The van der Waals surface area contributed by atoms with Crippen LogP contribution in [0.15, 0.2) is 64.3 Å². The number of thioether (sulfide) groups is 1. The number of nitrogens with one attached hydrogen (secondary N) is 1. The molecule has 2 aliphatic heterocycles. The maximum absolute atomic E-state index is 12.8. The van der Waals surface area contributed by atoms with E-state index < -0.39 is 5.91 Å². The van der Waals surface area contributed by atoms with Crippen molar-refractivity contribution in [3.63, 3.8) is 0 Å². The molecule has 0 aliphatic carbocycles. The summed E-state index contributed by atoms with van der Waals surface area (Å²) in [7, 11) is 0. The summed E-state index contributed by atoms with van der Waals surface area (Å²) in [5.74, 6) is 0.696. The quantitative estimate of drug-likeness (QED) is 0.460. The number of aliphatic imine (C=N–C) groups is 1. The molecule has 0 bridgehead atoms. The maximum atomic E-state index is 12.8. The number of hydrogen-bond donors (Lipinski definition) is 1. The molecule has 8 heteroatoms. The summed E-state index contributed by atoms with van der Waals surface area (Å²) in [5, 5.41) is 16.9. The largest absolute Gasteiger partial charge is 0.492 e. The van der Waals surface area contributed by atoms with Crippen LogP contribution in [0.1, 0.15) is 30.5 Å². The van der Waals surface area contributed by atoms with Gasteiger partial charge in [0.25, 0.3) is 5.91 Å². The number of aryl methyl sites for hydroxylation is 2. The highest BCUT2D eigenvalue weighted by Gasteiger charge is 2.36. The van der Waals surface area contributed by atoms with Gasteiger partial charge < -0.3 is 9.30 Å². The average Bonchev–Trinajstić information content (AvgIpc) is 3.41. The van der Waals surface area contributed by atoms with E-state index in [0.29, 0.717) is 18.3 Å². The van der Waals surface area contributed by atoms with Crippen LogP contribution in [0.2, 0.25) is 0 Å². The molecule has 0 radical (unpaired) electrons. The van der Waals surface area contributed by atoms with Gasteiger partial charge in [-0.25, -0.2) is 0 Å². The normalized spacial score (nSPS) is 16.8. The molecule has 2 aliphatic rings. The molecule has 35 heavy (non-hydrogen) atoms. The van der Waals surface area contributed by atoms with Crippen molar-refractivity contribution in [3.8, 4) is 5.75 Å². The van der Waals surface area contributed by atoms with Crippen molar-refractivity contribution in [3.05, 3.63) is 70.9 Å². The van der Waals surface area contributed by atoms with E-state index in [1.807, 2.05) is 50.4 Å². The molecule has 0 saturated carbocycles. The number of ether oxygens (including phenoxy) is 1. The van der Waals surface area contributed by atoms with E-state index in [0.717, 1.165) is 27.3 Å². The van der Waals surface area contributed by atoms with E-state index in [1.54, 1.807) is 6.08 Å². The number of amides is 1. The van der Waals surface area contributed by atoms with Crippen LogP contribution in [0, 0.1) is 25.2 Å². The summed E-state index contributed by atoms with van der Waals surface area (Å²) in [6.07, 6.45) is 3.75. The molecule has 0 spiro atoms. The van der Waals surface area contributed by atoms with E-state index in [-0.39, 0.29) is 17.3 Å². The monoisotopic (exact) mass is 485 g/mol. The minimum Gasteiger partial charge on any atom is -0.492 e. The third-order valence-corrected chi connectivity index (χ3v) is 7.37. The molecule has 2 aromatic carbocycles. The zero-order valence-corrected chi connectivity index (χ0v) is 21.0. The highest BCUT2D eigenvalue weighted by Crippen LogP contribution is 2.32. The maximum Gasteiger partial charge on any atom is 0.283 e. The van der Waals surface area contributed by atoms with E-state index in [4.69, 9.17) is 10.1 Å². The molecule has 5 rings (SSSR count). The van der Waals surface area contributed by atoms with E-state index in [1.165, 1.54) is 27.9 Å². The number of fused-ring (bicyclic) bond motifs is 2. The zero-order chi connectivity index (χ0) is 24.7. The van der Waals surface area contributed by atoms with Gasteiger partial charge in [0.1, 0.15) is 17.4 Å². The number of hydrazone groups is 1. The number of nitrogens with zero attached hydrogens (tertiary/aromatic N) is 4. The molecule has 0 saturated heterocycles. The first kappa shape index (κ1) is 23.1. The van der Waals surface area contributed by atoms with Gasteiger partial charge in [-0.05, 0) is 61.0 Å². The Morgan fingerprint density at radius 2 is 1.94 bits per heavy atom. The smallest absolute Gasteiger partial charge is 0.283 e. The van der Waals surface area contributed by atoms with Crippen LogP contribution >= 0.6 is 11.8 Å². The Hall–Kier alpha value is -3.65. The summed E-state index contributed by atoms with van der Waals surface area (Å²) in [5.41, 5.74) is 4.58. The molecule has 1 N–H and O–H groups in total. The van der Waals surface area contributed by atoms with Crippen LogP contribution in [0.25, 0.3) is 17.0 Å². The minimum absolute atomic E-state index is 0.0538. The first-order valence-corrected chi connectivity index (χ1v) is 12.4. The van der Waals surface area contributed by atoms with Gasteiger partial charge in [-0.1, -0.05) is 38.1 Å². The number of rotatable bonds is 6. The lowest BCUT2D eigenvalue weighted by Crippen LogP contribution is -2.35. The standard InChI is InChI=1S/C27H27N5O2S/c1-16(2)26-30-32-24(28)22(25(33)29-27(32)35-26)14-19-15-31(23-8-6-5-7-21(19)23)11-12-34-20-10-9-17(3)18(4)13-20/h5-10,13-16,28H,11-12H2,1-4H3/b22-14-,28-24?. The van der Waals surface area contributed by atoms with Crippen molar-refractivity contribution < 1.29 is 9.53 Å². The highest BCUT2D eigenvalue weighted by molar-refractivity contribution is 8.27. The van der Waals surface area contributed by atoms with Crippen molar-refractivity contribution in [2.24, 2.45) is 16.0 Å². The molecule has 1 amide bonds. The van der Waals surface area contributed by atoms with Gasteiger partial charge in [0.15, 0.2) is 5.84 Å². The molecule has 3 heterocycles. The first-order chi connectivity index (χ1) is 16.8. The number of carbonyl (C=O) groups is 1.